The Balaban J connectivity index is 1.80. The lowest BCUT2D eigenvalue weighted by Crippen LogP contribution is -2.32. The fraction of sp³-hybridized carbons (Fsp3) is 0.235. The number of rotatable bonds is 6. The average molecular weight is 393 g/mol. The van der Waals surface area contributed by atoms with Crippen molar-refractivity contribution in [1.29, 1.82) is 0 Å². The number of carbonyl (C=O) groups excluding carboxylic acids is 2. The second kappa shape index (κ2) is 8.44. The predicted molar refractivity (Wildman–Crippen MR) is 92.4 cm³/mol. The van der Waals surface area contributed by atoms with E-state index in [0.29, 0.717) is 0 Å². The Hall–Kier alpha value is -2.41. The molecule has 0 radical (unpaired) electrons. The van der Waals surface area contributed by atoms with Crippen LogP contribution in [0.4, 0.5) is 0 Å². The van der Waals surface area contributed by atoms with E-state index in [4.69, 9.17) is 4.74 Å². The van der Waals surface area contributed by atoms with Crippen LogP contribution in [-0.4, -0.2) is 23.1 Å². The highest BCUT2D eigenvalue weighted by Gasteiger charge is 2.12. The molecule has 0 unspecified atom stereocenters. The van der Waals surface area contributed by atoms with Gasteiger partial charge in [-0.2, -0.15) is 0 Å². The number of ether oxygens (including phenoxy) is 1. The van der Waals surface area contributed by atoms with Gasteiger partial charge in [-0.1, -0.05) is 34.1 Å². The third kappa shape index (κ3) is 5.34. The van der Waals surface area contributed by atoms with Crippen molar-refractivity contribution in [3.8, 4) is 0 Å². The van der Waals surface area contributed by atoms with Crippen molar-refractivity contribution in [2.45, 2.75) is 19.5 Å². The molecule has 0 saturated heterocycles. The quantitative estimate of drug-likeness (QED) is 0.762. The first-order valence-corrected chi connectivity index (χ1v) is 8.11. The van der Waals surface area contributed by atoms with E-state index in [1.54, 1.807) is 12.1 Å². The van der Waals surface area contributed by atoms with Crippen LogP contribution in [-0.2, 0) is 20.9 Å². The maximum atomic E-state index is 11.9. The summed E-state index contributed by atoms with van der Waals surface area (Å²) in [6, 6.07) is 11.9. The van der Waals surface area contributed by atoms with Gasteiger partial charge in [-0.15, -0.1) is 0 Å². The molecule has 0 aliphatic rings. The number of pyridine rings is 1. The molecule has 0 aliphatic heterocycles. The number of halogens is 1. The van der Waals surface area contributed by atoms with Gasteiger partial charge in [0.05, 0.1) is 6.04 Å². The van der Waals surface area contributed by atoms with E-state index >= 15 is 0 Å². The SMILES string of the molecule is C[C@H](NC(=O)COC(=O)Cn1ccccc1=O)c1ccc(Br)cc1. The molecular weight excluding hydrogens is 376 g/mol. The summed E-state index contributed by atoms with van der Waals surface area (Å²) in [6.07, 6.45) is 1.49. The van der Waals surface area contributed by atoms with Crippen LogP contribution in [0.1, 0.15) is 18.5 Å². The number of carbonyl (C=O) groups is 2. The molecule has 2 rings (SSSR count). The Morgan fingerprint density at radius 3 is 2.58 bits per heavy atom. The zero-order valence-electron chi connectivity index (χ0n) is 13.1. The first-order chi connectivity index (χ1) is 11.5. The van der Waals surface area contributed by atoms with Crippen molar-refractivity contribution in [2.75, 3.05) is 6.61 Å². The number of aromatic nitrogens is 1. The van der Waals surface area contributed by atoms with Crippen LogP contribution in [0.2, 0.25) is 0 Å². The smallest absolute Gasteiger partial charge is 0.326 e. The zero-order valence-corrected chi connectivity index (χ0v) is 14.7. The number of nitrogens with zero attached hydrogens (tertiary/aromatic N) is 1. The summed E-state index contributed by atoms with van der Waals surface area (Å²) in [5, 5.41) is 2.75. The molecule has 0 bridgehead atoms. The normalized spacial score (nSPS) is 11.6. The van der Waals surface area contributed by atoms with E-state index in [0.717, 1.165) is 10.0 Å². The largest absolute Gasteiger partial charge is 0.454 e. The number of hydrogen-bond acceptors (Lipinski definition) is 4. The topological polar surface area (TPSA) is 77.4 Å². The fourth-order valence-corrected chi connectivity index (χ4v) is 2.30. The van der Waals surface area contributed by atoms with Crippen molar-refractivity contribution in [2.24, 2.45) is 0 Å². The number of hydrogen-bond donors (Lipinski definition) is 1. The Bertz CT molecular complexity index is 771. The number of esters is 1. The Labute approximate surface area is 147 Å². The minimum atomic E-state index is -0.644. The summed E-state index contributed by atoms with van der Waals surface area (Å²) < 4.78 is 7.07. The van der Waals surface area contributed by atoms with Crippen LogP contribution in [0.3, 0.4) is 0 Å². The standard InChI is InChI=1S/C17H17BrN2O4/c1-12(13-5-7-14(18)8-6-13)19-15(21)11-24-17(23)10-20-9-3-2-4-16(20)22/h2-9,12H,10-11H2,1H3,(H,19,21)/t12-/m0/s1. The molecule has 1 aromatic carbocycles. The van der Waals surface area contributed by atoms with Crippen LogP contribution < -0.4 is 10.9 Å². The molecule has 24 heavy (non-hydrogen) atoms. The van der Waals surface area contributed by atoms with Crippen LogP contribution in [0.15, 0.2) is 57.9 Å². The molecule has 2 aromatic rings. The van der Waals surface area contributed by atoms with E-state index in [9.17, 15) is 14.4 Å². The molecule has 0 spiro atoms. The first-order valence-electron chi connectivity index (χ1n) is 7.31. The van der Waals surface area contributed by atoms with Crippen molar-refractivity contribution in [3.05, 3.63) is 69.1 Å². The Kier molecular flexibility index (Phi) is 6.31. The molecule has 1 amide bonds. The Morgan fingerprint density at radius 1 is 1.21 bits per heavy atom. The van der Waals surface area contributed by atoms with Crippen molar-refractivity contribution in [1.82, 2.24) is 9.88 Å². The van der Waals surface area contributed by atoms with E-state index < -0.39 is 11.9 Å². The summed E-state index contributed by atoms with van der Waals surface area (Å²) in [6.45, 7) is 1.23. The van der Waals surface area contributed by atoms with Crippen molar-refractivity contribution in [3.63, 3.8) is 0 Å². The summed E-state index contributed by atoms with van der Waals surface area (Å²) >= 11 is 3.35. The van der Waals surface area contributed by atoms with Crippen LogP contribution in [0.5, 0.6) is 0 Å². The third-order valence-corrected chi connectivity index (χ3v) is 3.84. The highest BCUT2D eigenvalue weighted by Crippen LogP contribution is 2.16. The summed E-state index contributed by atoms with van der Waals surface area (Å²) in [7, 11) is 0. The fourth-order valence-electron chi connectivity index (χ4n) is 2.04. The summed E-state index contributed by atoms with van der Waals surface area (Å²) in [5.74, 6) is -1.05. The van der Waals surface area contributed by atoms with E-state index in [1.807, 2.05) is 31.2 Å². The van der Waals surface area contributed by atoms with Gasteiger partial charge >= 0.3 is 5.97 Å². The van der Waals surface area contributed by atoms with Gasteiger partial charge in [0.25, 0.3) is 11.5 Å². The van der Waals surface area contributed by atoms with Crippen LogP contribution in [0, 0.1) is 0 Å². The molecule has 126 valence electrons. The maximum Gasteiger partial charge on any atom is 0.326 e. The molecular formula is C17H17BrN2O4. The van der Waals surface area contributed by atoms with Gasteiger partial charge in [0.15, 0.2) is 6.61 Å². The molecule has 1 N–H and O–H groups in total. The molecule has 0 fully saturated rings. The second-order valence-corrected chi connectivity index (χ2v) is 6.08. The third-order valence-electron chi connectivity index (χ3n) is 3.31. The van der Waals surface area contributed by atoms with Crippen LogP contribution in [0.25, 0.3) is 0 Å². The van der Waals surface area contributed by atoms with Gasteiger partial charge in [-0.3, -0.25) is 14.4 Å². The predicted octanol–water partition coefficient (Wildman–Crippen LogP) is 2.03. The zero-order chi connectivity index (χ0) is 17.5. The lowest BCUT2D eigenvalue weighted by atomic mass is 10.1. The molecule has 0 saturated carbocycles. The molecule has 1 heterocycles. The highest BCUT2D eigenvalue weighted by molar-refractivity contribution is 9.10. The van der Waals surface area contributed by atoms with Crippen molar-refractivity contribution >= 4 is 27.8 Å². The van der Waals surface area contributed by atoms with E-state index in [2.05, 4.69) is 21.2 Å². The minimum Gasteiger partial charge on any atom is -0.454 e. The number of nitrogens with one attached hydrogen (secondary N) is 1. The van der Waals surface area contributed by atoms with Crippen molar-refractivity contribution < 1.29 is 14.3 Å². The summed E-state index contributed by atoms with van der Waals surface area (Å²) in [4.78, 5) is 35.0. The number of benzene rings is 1. The summed E-state index contributed by atoms with van der Waals surface area (Å²) in [5.41, 5.74) is 0.636. The highest BCUT2D eigenvalue weighted by atomic mass is 79.9. The molecule has 1 aromatic heterocycles. The molecule has 6 nitrogen and oxygen atoms in total. The molecule has 7 heteroatoms. The van der Waals surface area contributed by atoms with Gasteiger partial charge in [0.2, 0.25) is 0 Å². The Morgan fingerprint density at radius 2 is 1.92 bits per heavy atom. The first kappa shape index (κ1) is 17.9. The van der Waals surface area contributed by atoms with Gasteiger partial charge in [-0.05, 0) is 30.7 Å². The van der Waals surface area contributed by atoms with E-state index in [1.165, 1.54) is 16.8 Å². The molecule has 0 aliphatic carbocycles. The number of amides is 1. The average Bonchev–Trinajstić information content (AvgIpc) is 2.55. The molecule has 1 atom stereocenters. The lowest BCUT2D eigenvalue weighted by Gasteiger charge is -2.14. The van der Waals surface area contributed by atoms with Gasteiger partial charge in [-0.25, -0.2) is 0 Å². The lowest BCUT2D eigenvalue weighted by molar-refractivity contribution is -0.149. The monoisotopic (exact) mass is 392 g/mol. The van der Waals surface area contributed by atoms with Gasteiger partial charge in [0.1, 0.15) is 6.54 Å². The second-order valence-electron chi connectivity index (χ2n) is 5.17. The van der Waals surface area contributed by atoms with E-state index in [-0.39, 0.29) is 24.8 Å². The maximum absolute atomic E-state index is 11.9. The minimum absolute atomic E-state index is 0.207. The van der Waals surface area contributed by atoms with Gasteiger partial charge in [0, 0.05) is 16.7 Å². The van der Waals surface area contributed by atoms with Gasteiger partial charge < -0.3 is 14.6 Å². The van der Waals surface area contributed by atoms with Crippen LogP contribution >= 0.6 is 15.9 Å².